The molecule has 0 aliphatic carbocycles. The molecule has 0 saturated carbocycles. The Morgan fingerprint density at radius 1 is 1.55 bits per heavy atom. The number of hydrogen-bond donors (Lipinski definition) is 9. The van der Waals surface area contributed by atoms with Crippen molar-refractivity contribution < 1.29 is 34.5 Å². The number of carbonyl (C=O) groups excluding carboxylic acids is 1. The van der Waals surface area contributed by atoms with Gasteiger partial charge in [-0.25, -0.2) is 20.2 Å². The average Bonchev–Trinajstić information content (AvgIpc) is 2.94. The van der Waals surface area contributed by atoms with Gasteiger partial charge in [-0.05, 0) is 0 Å². The molecule has 12 nitrogen and oxygen atoms in total. The van der Waals surface area contributed by atoms with Crippen LogP contribution in [0, 0.1) is 0 Å². The topological polar surface area (TPSA) is 192 Å². The molecular formula is C10H19N7O5+2. The molecule has 3 aliphatic heterocycles. The Balaban J connectivity index is 1.96. The molecule has 0 unspecified atom stereocenters. The summed E-state index contributed by atoms with van der Waals surface area (Å²) in [6, 6.07) is -1.26. The highest BCUT2D eigenvalue weighted by atomic mass is 16.6. The summed E-state index contributed by atoms with van der Waals surface area (Å²) in [4.78, 5) is 13.9. The molecule has 1 saturated heterocycles. The van der Waals surface area contributed by atoms with E-state index in [1.54, 1.807) is 4.58 Å². The lowest BCUT2D eigenvalue weighted by molar-refractivity contribution is -0.674. The first-order chi connectivity index (χ1) is 10.3. The Hall–Kier alpha value is -2.31. The maximum Gasteiger partial charge on any atom is 0.431 e. The zero-order valence-electron chi connectivity index (χ0n) is 11.5. The number of hydrogen-bond acceptors (Lipinski definition) is 9. The van der Waals surface area contributed by atoms with Gasteiger partial charge >= 0.3 is 18.0 Å². The molecule has 122 valence electrons. The molecule has 3 heterocycles. The van der Waals surface area contributed by atoms with E-state index in [1.165, 1.54) is 5.48 Å². The molecule has 1 fully saturated rings. The van der Waals surface area contributed by atoms with Gasteiger partial charge in [-0.2, -0.15) is 0 Å². The minimum atomic E-state index is -2.10. The van der Waals surface area contributed by atoms with Crippen molar-refractivity contribution in [3.63, 3.8) is 0 Å². The Bertz CT molecular complexity index is 576. The third-order valence-corrected chi connectivity index (χ3v) is 4.32. The van der Waals surface area contributed by atoms with Crippen LogP contribution < -0.4 is 32.6 Å². The summed E-state index contributed by atoms with van der Waals surface area (Å²) in [5.74, 6) is -1.75. The van der Waals surface area contributed by atoms with Gasteiger partial charge in [-0.3, -0.25) is 27.0 Å². The van der Waals surface area contributed by atoms with Crippen LogP contribution in [0.1, 0.15) is 6.42 Å². The summed E-state index contributed by atoms with van der Waals surface area (Å²) in [6.45, 7) is 0.111. The van der Waals surface area contributed by atoms with Crippen LogP contribution in [0.15, 0.2) is 0 Å². The van der Waals surface area contributed by atoms with Crippen molar-refractivity contribution in [3.8, 4) is 0 Å². The number of carbonyl (C=O) groups is 1. The van der Waals surface area contributed by atoms with Crippen molar-refractivity contribution in [1.82, 2.24) is 16.1 Å². The highest BCUT2D eigenvalue weighted by Gasteiger charge is 2.74. The molecule has 22 heavy (non-hydrogen) atoms. The molecule has 0 aromatic carbocycles. The first-order valence-corrected chi connectivity index (χ1v) is 6.67. The number of aliphatic hydroxyl groups is 2. The van der Waals surface area contributed by atoms with Gasteiger partial charge in [-0.1, -0.05) is 0 Å². The van der Waals surface area contributed by atoms with Gasteiger partial charge in [0.15, 0.2) is 6.04 Å². The summed E-state index contributed by atoms with van der Waals surface area (Å²) in [5, 5.41) is 35.1. The number of nitrogens with zero attached hydrogens (tertiary/aromatic N) is 1. The van der Waals surface area contributed by atoms with E-state index < -0.39 is 29.6 Å². The van der Waals surface area contributed by atoms with Crippen molar-refractivity contribution >= 4 is 18.0 Å². The first kappa shape index (κ1) is 14.6. The molecule has 1 spiro atoms. The van der Waals surface area contributed by atoms with Crippen molar-refractivity contribution in [1.29, 1.82) is 0 Å². The van der Waals surface area contributed by atoms with Crippen LogP contribution in [-0.4, -0.2) is 74.7 Å². The summed E-state index contributed by atoms with van der Waals surface area (Å²) < 4.78 is 6.38. The predicted molar refractivity (Wildman–Crippen MR) is 69.1 cm³/mol. The third-order valence-electron chi connectivity index (χ3n) is 4.32. The first-order valence-electron chi connectivity index (χ1n) is 6.67. The van der Waals surface area contributed by atoms with Gasteiger partial charge in [0.2, 0.25) is 5.79 Å². The number of hydroxylamine groups is 1. The minimum absolute atomic E-state index is 0.0541. The SMILES string of the molecule is NC1=[NH+][C@H]2[C@H](COC(=O)NO)NC(N)=[N+]3CCC(O)(O)[C@]23N1. The van der Waals surface area contributed by atoms with Gasteiger partial charge in [0.1, 0.15) is 12.6 Å². The fourth-order valence-corrected chi connectivity index (χ4v) is 3.42. The van der Waals surface area contributed by atoms with E-state index in [-0.39, 0.29) is 24.9 Å². The molecular weight excluding hydrogens is 298 g/mol. The number of amides is 1. The molecule has 0 aromatic rings. The molecule has 0 aromatic heterocycles. The lowest BCUT2D eigenvalue weighted by Gasteiger charge is -2.40. The van der Waals surface area contributed by atoms with Gasteiger partial charge in [-0.15, -0.1) is 0 Å². The van der Waals surface area contributed by atoms with E-state index in [0.29, 0.717) is 6.54 Å². The summed E-state index contributed by atoms with van der Waals surface area (Å²) in [6.07, 6.45) is -0.983. The van der Waals surface area contributed by atoms with E-state index in [2.05, 4.69) is 15.6 Å². The van der Waals surface area contributed by atoms with Gasteiger partial charge in [0, 0.05) is 6.42 Å². The standard InChI is InChI=1S/C10H17N7O5/c11-6-14-5-4(3-22-8(18)16-21)13-7(12)17-2-1-9(19,20)10(5,17)15-6/h4-5,19-20H,1-3H2,(H7,11,12,13,14,15,16,18,21)/p+2/t4-,5-,10-/m0/s1. The van der Waals surface area contributed by atoms with Crippen molar-refractivity contribution in [2.24, 2.45) is 11.5 Å². The van der Waals surface area contributed by atoms with Crippen LogP contribution >= 0.6 is 0 Å². The summed E-state index contributed by atoms with van der Waals surface area (Å²) >= 11 is 0. The van der Waals surface area contributed by atoms with Crippen LogP contribution in [0.25, 0.3) is 0 Å². The molecule has 0 radical (unpaired) electrons. The van der Waals surface area contributed by atoms with Crippen molar-refractivity contribution in [3.05, 3.63) is 0 Å². The van der Waals surface area contributed by atoms with Crippen molar-refractivity contribution in [2.75, 3.05) is 13.2 Å². The van der Waals surface area contributed by atoms with Gasteiger partial charge in [0.05, 0.1) is 6.54 Å². The second-order valence-corrected chi connectivity index (χ2v) is 5.49. The van der Waals surface area contributed by atoms with E-state index in [0.717, 1.165) is 0 Å². The normalized spacial score (nSPS) is 35.0. The smallest absolute Gasteiger partial charge is 0.431 e. The lowest BCUT2D eigenvalue weighted by Crippen LogP contribution is -2.91. The second kappa shape index (κ2) is 4.59. The number of rotatable bonds is 2. The zero-order chi connectivity index (χ0) is 16.1. The Morgan fingerprint density at radius 2 is 2.27 bits per heavy atom. The maximum absolute atomic E-state index is 11.0. The molecule has 3 rings (SSSR count). The van der Waals surface area contributed by atoms with E-state index in [9.17, 15) is 15.0 Å². The predicted octanol–water partition coefficient (Wildman–Crippen LogP) is -6.45. The largest absolute Gasteiger partial charge is 0.444 e. The lowest BCUT2D eigenvalue weighted by atomic mass is 9.87. The molecule has 3 atom stereocenters. The average molecular weight is 317 g/mol. The molecule has 11 N–H and O–H groups in total. The Kier molecular flexibility index (Phi) is 3.05. The van der Waals surface area contributed by atoms with Gasteiger partial charge in [0.25, 0.3) is 5.66 Å². The Morgan fingerprint density at radius 3 is 2.95 bits per heavy atom. The number of guanidine groups is 2. The van der Waals surface area contributed by atoms with E-state index in [4.69, 9.17) is 21.4 Å². The number of ether oxygens (including phenoxy) is 1. The third kappa shape index (κ3) is 1.77. The number of nitrogens with two attached hydrogens (primary N) is 2. The Labute approximate surface area is 124 Å². The minimum Gasteiger partial charge on any atom is -0.444 e. The van der Waals surface area contributed by atoms with Crippen LogP contribution in [-0.2, 0) is 4.74 Å². The van der Waals surface area contributed by atoms with Crippen LogP contribution in [0.2, 0.25) is 0 Å². The quantitative estimate of drug-likeness (QED) is 0.103. The van der Waals surface area contributed by atoms with Crippen LogP contribution in [0.3, 0.4) is 0 Å². The van der Waals surface area contributed by atoms with Gasteiger partial charge < -0.3 is 14.9 Å². The molecule has 12 heteroatoms. The molecule has 3 aliphatic rings. The monoisotopic (exact) mass is 317 g/mol. The molecule has 1 amide bonds. The second-order valence-electron chi connectivity index (χ2n) is 5.49. The van der Waals surface area contributed by atoms with Crippen LogP contribution in [0.4, 0.5) is 4.79 Å². The summed E-state index contributed by atoms with van der Waals surface area (Å²) in [5.41, 5.74) is 11.7. The van der Waals surface area contributed by atoms with E-state index in [1.807, 2.05) is 0 Å². The van der Waals surface area contributed by atoms with E-state index >= 15 is 0 Å². The zero-order valence-corrected chi connectivity index (χ0v) is 11.5. The molecule has 0 bridgehead atoms. The maximum atomic E-state index is 11.0. The van der Waals surface area contributed by atoms with Crippen molar-refractivity contribution in [2.45, 2.75) is 30.0 Å². The fourth-order valence-electron chi connectivity index (χ4n) is 3.42. The highest BCUT2D eigenvalue weighted by Crippen LogP contribution is 2.36. The highest BCUT2D eigenvalue weighted by molar-refractivity contribution is 5.78. The summed E-state index contributed by atoms with van der Waals surface area (Å²) in [7, 11) is 0. The van der Waals surface area contributed by atoms with Crippen LogP contribution in [0.5, 0.6) is 0 Å². The fraction of sp³-hybridized carbons (Fsp3) is 0.700. The number of nitrogens with one attached hydrogen (secondary N) is 4.